The van der Waals surface area contributed by atoms with Crippen LogP contribution in [0.2, 0.25) is 5.02 Å². The number of aliphatic hydroxyl groups excluding tert-OH is 1. The van der Waals surface area contributed by atoms with Gasteiger partial charge in [-0.05, 0) is 42.5 Å². The van der Waals surface area contributed by atoms with E-state index in [-0.39, 0.29) is 41.2 Å². The molecule has 9 nitrogen and oxygen atoms in total. The van der Waals surface area contributed by atoms with Crippen molar-refractivity contribution in [2.24, 2.45) is 0 Å². The number of nitrogens with zero attached hydrogens (tertiary/aromatic N) is 3. The van der Waals surface area contributed by atoms with Gasteiger partial charge in [-0.2, -0.15) is 13.2 Å². The van der Waals surface area contributed by atoms with Crippen molar-refractivity contribution in [2.75, 3.05) is 36.6 Å². The van der Waals surface area contributed by atoms with Crippen LogP contribution in [0.1, 0.15) is 5.56 Å². The number of rotatable bonds is 12. The highest BCUT2D eigenvalue weighted by Gasteiger charge is 2.30. The number of nitrogens with one attached hydrogen (secondary N) is 1. The van der Waals surface area contributed by atoms with E-state index in [2.05, 4.69) is 15.3 Å². The van der Waals surface area contributed by atoms with E-state index in [1.54, 1.807) is 24.4 Å². The molecule has 0 spiro atoms. The second-order valence-corrected chi connectivity index (χ2v) is 11.1. The van der Waals surface area contributed by atoms with Gasteiger partial charge < -0.3 is 24.5 Å². The lowest BCUT2D eigenvalue weighted by Gasteiger charge is -2.13. The van der Waals surface area contributed by atoms with Crippen LogP contribution in [0.25, 0.3) is 11.0 Å². The molecule has 4 rings (SSSR count). The molecular formula is C25H24ClF3N4O5S. The maximum Gasteiger partial charge on any atom is 0.416 e. The number of aromatic nitrogens is 3. The van der Waals surface area contributed by atoms with E-state index in [9.17, 15) is 21.6 Å². The van der Waals surface area contributed by atoms with E-state index in [0.717, 1.165) is 12.1 Å². The minimum atomic E-state index is -4.50. The minimum absolute atomic E-state index is 0.00372. The summed E-state index contributed by atoms with van der Waals surface area (Å²) >= 11 is 6.36. The molecule has 2 N–H and O–H groups in total. The van der Waals surface area contributed by atoms with E-state index in [1.807, 2.05) is 4.57 Å². The van der Waals surface area contributed by atoms with Crippen molar-refractivity contribution >= 4 is 44.0 Å². The predicted molar refractivity (Wildman–Crippen MR) is 140 cm³/mol. The zero-order valence-corrected chi connectivity index (χ0v) is 21.9. The molecule has 2 aromatic heterocycles. The lowest BCUT2D eigenvalue weighted by molar-refractivity contribution is -0.137. The largest absolute Gasteiger partial charge is 0.456 e. The SMILES string of the molecule is O=S(=O)(CCO)CCOCCn1ccc2ncnc(Nc3ccc(Oc4cccc(C(F)(F)F)c4)c(Cl)c3)c21. The lowest BCUT2D eigenvalue weighted by atomic mass is 10.2. The number of hydrogen-bond acceptors (Lipinski definition) is 8. The zero-order valence-electron chi connectivity index (χ0n) is 20.4. The summed E-state index contributed by atoms with van der Waals surface area (Å²) in [5, 5.41) is 12.1. The summed E-state index contributed by atoms with van der Waals surface area (Å²) in [7, 11) is -3.35. The van der Waals surface area contributed by atoms with Crippen LogP contribution < -0.4 is 10.1 Å². The Kier molecular flexibility index (Phi) is 8.95. The fourth-order valence-electron chi connectivity index (χ4n) is 3.66. The van der Waals surface area contributed by atoms with Crippen LogP contribution in [0.5, 0.6) is 11.5 Å². The van der Waals surface area contributed by atoms with Crippen molar-refractivity contribution in [1.29, 1.82) is 0 Å². The van der Waals surface area contributed by atoms with Crippen LogP contribution >= 0.6 is 11.6 Å². The first kappa shape index (κ1) is 28.6. The standard InChI is InChI=1S/C25H24ClF3N4O5S/c26-20-15-18(4-5-22(20)38-19-3-1-2-17(14-19)25(27,28)29)32-24-23-21(30-16-31-24)6-7-33(23)8-10-37-11-13-39(35,36)12-9-34/h1-7,14-16,34H,8-13H2,(H,30,31,32). The maximum absolute atomic E-state index is 13.0. The zero-order chi connectivity index (χ0) is 28.0. The molecule has 0 aliphatic rings. The monoisotopic (exact) mass is 584 g/mol. The second kappa shape index (κ2) is 12.2. The van der Waals surface area contributed by atoms with Crippen molar-refractivity contribution in [3.63, 3.8) is 0 Å². The van der Waals surface area contributed by atoms with Gasteiger partial charge in [0.05, 0.1) is 47.4 Å². The third kappa shape index (κ3) is 7.60. The molecular weight excluding hydrogens is 561 g/mol. The number of alkyl halides is 3. The van der Waals surface area contributed by atoms with Gasteiger partial charge in [0.25, 0.3) is 0 Å². The highest BCUT2D eigenvalue weighted by molar-refractivity contribution is 7.91. The summed E-state index contributed by atoms with van der Waals surface area (Å²) in [5.41, 5.74) is 1.06. The Balaban J connectivity index is 1.44. The molecule has 0 bridgehead atoms. The van der Waals surface area contributed by atoms with E-state index in [0.29, 0.717) is 29.1 Å². The number of halogens is 4. The molecule has 4 aromatic rings. The Morgan fingerprint density at radius 3 is 2.62 bits per heavy atom. The molecule has 14 heteroatoms. The van der Waals surface area contributed by atoms with Gasteiger partial charge in [-0.3, -0.25) is 0 Å². The Labute approximate surface area is 227 Å². The van der Waals surface area contributed by atoms with Gasteiger partial charge in [0.15, 0.2) is 15.7 Å². The van der Waals surface area contributed by atoms with Crippen molar-refractivity contribution in [1.82, 2.24) is 14.5 Å². The summed E-state index contributed by atoms with van der Waals surface area (Å²) in [5.74, 6) is 0.169. The third-order valence-corrected chi connectivity index (χ3v) is 7.44. The molecule has 0 fully saturated rings. The van der Waals surface area contributed by atoms with Crippen molar-refractivity contribution in [2.45, 2.75) is 12.7 Å². The average Bonchev–Trinajstić information content (AvgIpc) is 3.29. The van der Waals surface area contributed by atoms with E-state index in [1.165, 1.54) is 24.5 Å². The fourth-order valence-corrected chi connectivity index (χ4v) is 4.74. The number of aliphatic hydroxyl groups is 1. The van der Waals surface area contributed by atoms with Gasteiger partial charge in [0.2, 0.25) is 0 Å². The van der Waals surface area contributed by atoms with Gasteiger partial charge in [-0.15, -0.1) is 0 Å². The number of ether oxygens (including phenoxy) is 2. The molecule has 0 radical (unpaired) electrons. The topological polar surface area (TPSA) is 116 Å². The Hall–Kier alpha value is -3.39. The van der Waals surface area contributed by atoms with Crippen LogP contribution in [-0.4, -0.2) is 59.4 Å². The molecule has 0 amide bonds. The number of sulfone groups is 1. The Morgan fingerprint density at radius 1 is 1.05 bits per heavy atom. The van der Waals surface area contributed by atoms with Gasteiger partial charge in [-0.1, -0.05) is 17.7 Å². The summed E-state index contributed by atoms with van der Waals surface area (Å²) in [6.07, 6.45) is -1.30. The van der Waals surface area contributed by atoms with Crippen molar-refractivity contribution in [3.05, 3.63) is 71.6 Å². The highest BCUT2D eigenvalue weighted by atomic mass is 35.5. The summed E-state index contributed by atoms with van der Waals surface area (Å²) < 4.78 is 75.2. The smallest absolute Gasteiger partial charge is 0.416 e. The lowest BCUT2D eigenvalue weighted by Crippen LogP contribution is -2.18. The molecule has 208 valence electrons. The highest BCUT2D eigenvalue weighted by Crippen LogP contribution is 2.36. The Morgan fingerprint density at radius 2 is 1.87 bits per heavy atom. The first-order valence-electron chi connectivity index (χ1n) is 11.7. The third-order valence-electron chi connectivity index (χ3n) is 5.55. The van der Waals surface area contributed by atoms with Gasteiger partial charge >= 0.3 is 6.18 Å². The van der Waals surface area contributed by atoms with Crippen LogP contribution in [0.4, 0.5) is 24.7 Å². The van der Waals surface area contributed by atoms with Crippen LogP contribution in [-0.2, 0) is 27.3 Å². The molecule has 0 saturated carbocycles. The normalized spacial score (nSPS) is 12.1. The number of benzene rings is 2. The van der Waals surface area contributed by atoms with Crippen LogP contribution in [0.3, 0.4) is 0 Å². The molecule has 0 unspecified atom stereocenters. The van der Waals surface area contributed by atoms with Crippen LogP contribution in [0.15, 0.2) is 61.1 Å². The van der Waals surface area contributed by atoms with Gasteiger partial charge in [0, 0.05) is 18.4 Å². The van der Waals surface area contributed by atoms with Crippen molar-refractivity contribution in [3.8, 4) is 11.5 Å². The van der Waals surface area contributed by atoms with Gasteiger partial charge in [-0.25, -0.2) is 18.4 Å². The summed E-state index contributed by atoms with van der Waals surface area (Å²) in [6, 6.07) is 11.0. The molecule has 0 aliphatic heterocycles. The second-order valence-electron chi connectivity index (χ2n) is 8.35. The van der Waals surface area contributed by atoms with Gasteiger partial charge in [0.1, 0.15) is 23.3 Å². The number of anilines is 2. The summed E-state index contributed by atoms with van der Waals surface area (Å²) in [4.78, 5) is 8.58. The Bertz CT molecular complexity index is 1550. The average molecular weight is 585 g/mol. The first-order chi connectivity index (χ1) is 18.6. The predicted octanol–water partition coefficient (Wildman–Crippen LogP) is 5.06. The van der Waals surface area contributed by atoms with E-state index >= 15 is 0 Å². The summed E-state index contributed by atoms with van der Waals surface area (Å²) in [6.45, 7) is 0.219. The fraction of sp³-hybridized carbons (Fsp3) is 0.280. The molecule has 0 saturated heterocycles. The van der Waals surface area contributed by atoms with Crippen LogP contribution in [0, 0.1) is 0 Å². The molecule has 0 atom stereocenters. The maximum atomic E-state index is 13.0. The first-order valence-corrected chi connectivity index (χ1v) is 13.9. The van der Waals surface area contributed by atoms with E-state index in [4.69, 9.17) is 26.2 Å². The van der Waals surface area contributed by atoms with Crippen molar-refractivity contribution < 1.29 is 36.2 Å². The molecule has 39 heavy (non-hydrogen) atoms. The molecule has 2 heterocycles. The molecule has 0 aliphatic carbocycles. The quantitative estimate of drug-likeness (QED) is 0.222. The van der Waals surface area contributed by atoms with E-state index < -0.39 is 28.2 Å². The minimum Gasteiger partial charge on any atom is -0.456 e. The number of fused-ring (bicyclic) bond motifs is 1. The number of hydrogen-bond donors (Lipinski definition) is 2. The molecule has 2 aromatic carbocycles.